The van der Waals surface area contributed by atoms with Crippen LogP contribution in [0.3, 0.4) is 0 Å². The standard InChI is InChI=1S/C12H13N3/c13-9-12-10-14-5-3-11(12)4-8-15-6-1-2-7-15/h3-5,8,10H,1-2,6-7H2. The minimum atomic E-state index is 0.632. The summed E-state index contributed by atoms with van der Waals surface area (Å²) in [5.74, 6) is 0. The third kappa shape index (κ3) is 2.35. The number of aromatic nitrogens is 1. The lowest BCUT2D eigenvalue weighted by molar-refractivity contribution is 0.471. The monoisotopic (exact) mass is 199 g/mol. The van der Waals surface area contributed by atoms with E-state index in [0.29, 0.717) is 5.56 Å². The first-order chi connectivity index (χ1) is 7.40. The van der Waals surface area contributed by atoms with Gasteiger partial charge in [0.15, 0.2) is 0 Å². The fourth-order valence-electron chi connectivity index (χ4n) is 1.72. The third-order valence-corrected chi connectivity index (χ3v) is 2.58. The van der Waals surface area contributed by atoms with E-state index in [1.54, 1.807) is 12.4 Å². The van der Waals surface area contributed by atoms with Gasteiger partial charge in [-0.3, -0.25) is 4.98 Å². The van der Waals surface area contributed by atoms with Crippen LogP contribution in [0.15, 0.2) is 24.7 Å². The number of rotatable bonds is 2. The maximum absolute atomic E-state index is 8.87. The van der Waals surface area contributed by atoms with Gasteiger partial charge < -0.3 is 4.90 Å². The average Bonchev–Trinajstić information content (AvgIpc) is 2.79. The molecule has 0 spiro atoms. The quantitative estimate of drug-likeness (QED) is 0.731. The Morgan fingerprint density at radius 1 is 1.40 bits per heavy atom. The van der Waals surface area contributed by atoms with Gasteiger partial charge in [0.1, 0.15) is 6.07 Å². The van der Waals surface area contributed by atoms with Crippen molar-refractivity contribution in [3.63, 3.8) is 0 Å². The second-order valence-electron chi connectivity index (χ2n) is 3.63. The normalized spacial score (nSPS) is 15.8. The molecule has 0 atom stereocenters. The van der Waals surface area contributed by atoms with Crippen LogP contribution in [-0.2, 0) is 0 Å². The highest BCUT2D eigenvalue weighted by molar-refractivity contribution is 5.56. The Bertz CT molecular complexity index is 398. The maximum atomic E-state index is 8.87. The van der Waals surface area contributed by atoms with Crippen LogP contribution in [0.2, 0.25) is 0 Å². The van der Waals surface area contributed by atoms with Gasteiger partial charge in [-0.15, -0.1) is 0 Å². The van der Waals surface area contributed by atoms with Crippen LogP contribution in [0.5, 0.6) is 0 Å². The first-order valence-corrected chi connectivity index (χ1v) is 5.16. The van der Waals surface area contributed by atoms with Crippen molar-refractivity contribution in [2.24, 2.45) is 0 Å². The zero-order valence-electron chi connectivity index (χ0n) is 8.56. The molecule has 76 valence electrons. The smallest absolute Gasteiger partial charge is 0.101 e. The summed E-state index contributed by atoms with van der Waals surface area (Å²) in [4.78, 5) is 6.21. The van der Waals surface area contributed by atoms with Gasteiger partial charge in [0.2, 0.25) is 0 Å². The Labute approximate surface area is 89.7 Å². The number of likely N-dealkylation sites (tertiary alicyclic amines) is 1. The van der Waals surface area contributed by atoms with Crippen LogP contribution in [-0.4, -0.2) is 23.0 Å². The van der Waals surface area contributed by atoms with Crippen LogP contribution in [0.4, 0.5) is 0 Å². The fourth-order valence-corrected chi connectivity index (χ4v) is 1.72. The Morgan fingerprint density at radius 2 is 2.20 bits per heavy atom. The molecule has 0 bridgehead atoms. The minimum Gasteiger partial charge on any atom is -0.377 e. The summed E-state index contributed by atoms with van der Waals surface area (Å²) in [7, 11) is 0. The largest absolute Gasteiger partial charge is 0.377 e. The molecule has 3 nitrogen and oxygen atoms in total. The molecule has 15 heavy (non-hydrogen) atoms. The molecule has 1 saturated heterocycles. The topological polar surface area (TPSA) is 39.9 Å². The maximum Gasteiger partial charge on any atom is 0.101 e. The predicted octanol–water partition coefficient (Wildman–Crippen LogP) is 2.02. The van der Waals surface area contributed by atoms with E-state index in [-0.39, 0.29) is 0 Å². The van der Waals surface area contributed by atoms with Crippen molar-refractivity contribution in [1.82, 2.24) is 9.88 Å². The Hall–Kier alpha value is -1.82. The molecule has 0 amide bonds. The van der Waals surface area contributed by atoms with Crippen LogP contribution >= 0.6 is 0 Å². The summed E-state index contributed by atoms with van der Waals surface area (Å²) >= 11 is 0. The van der Waals surface area contributed by atoms with E-state index in [2.05, 4.69) is 22.2 Å². The molecule has 0 aliphatic carbocycles. The van der Waals surface area contributed by atoms with Crippen LogP contribution in [0, 0.1) is 11.3 Å². The van der Waals surface area contributed by atoms with E-state index in [0.717, 1.165) is 18.7 Å². The summed E-state index contributed by atoms with van der Waals surface area (Å²) in [5, 5.41) is 8.87. The van der Waals surface area contributed by atoms with Crippen molar-refractivity contribution in [3.05, 3.63) is 35.8 Å². The van der Waals surface area contributed by atoms with Crippen LogP contribution in [0.1, 0.15) is 24.0 Å². The summed E-state index contributed by atoms with van der Waals surface area (Å²) in [6.07, 6.45) is 9.92. The van der Waals surface area contributed by atoms with Gasteiger partial charge in [0.05, 0.1) is 5.56 Å². The average molecular weight is 199 g/mol. The van der Waals surface area contributed by atoms with Crippen molar-refractivity contribution >= 4 is 6.08 Å². The highest BCUT2D eigenvalue weighted by Gasteiger charge is 2.06. The zero-order chi connectivity index (χ0) is 10.5. The molecule has 0 saturated carbocycles. The van der Waals surface area contributed by atoms with Gasteiger partial charge >= 0.3 is 0 Å². The van der Waals surface area contributed by atoms with E-state index in [1.165, 1.54) is 12.8 Å². The van der Waals surface area contributed by atoms with Crippen molar-refractivity contribution in [3.8, 4) is 6.07 Å². The third-order valence-electron chi connectivity index (χ3n) is 2.58. The highest BCUT2D eigenvalue weighted by Crippen LogP contribution is 2.12. The molecular weight excluding hydrogens is 186 g/mol. The SMILES string of the molecule is N#Cc1cnccc1C=CN1CCCC1. The van der Waals surface area contributed by atoms with Crippen molar-refractivity contribution in [2.45, 2.75) is 12.8 Å². The van der Waals surface area contributed by atoms with Crippen molar-refractivity contribution < 1.29 is 0 Å². The van der Waals surface area contributed by atoms with E-state index >= 15 is 0 Å². The van der Waals surface area contributed by atoms with Crippen molar-refractivity contribution in [1.29, 1.82) is 5.26 Å². The number of nitrogens with zero attached hydrogens (tertiary/aromatic N) is 3. The summed E-state index contributed by atoms with van der Waals surface area (Å²) in [6, 6.07) is 4.00. The van der Waals surface area contributed by atoms with Gasteiger partial charge in [-0.05, 0) is 36.7 Å². The number of hydrogen-bond acceptors (Lipinski definition) is 3. The molecule has 1 fully saturated rings. The van der Waals surface area contributed by atoms with Gasteiger partial charge in [-0.1, -0.05) is 0 Å². The Kier molecular flexibility index (Phi) is 2.99. The first-order valence-electron chi connectivity index (χ1n) is 5.16. The van der Waals surface area contributed by atoms with E-state index < -0.39 is 0 Å². The molecule has 1 aromatic heterocycles. The highest BCUT2D eigenvalue weighted by atomic mass is 15.1. The van der Waals surface area contributed by atoms with E-state index in [9.17, 15) is 0 Å². The van der Waals surface area contributed by atoms with Gasteiger partial charge in [-0.2, -0.15) is 5.26 Å². The molecule has 0 N–H and O–H groups in total. The minimum absolute atomic E-state index is 0.632. The molecule has 3 heteroatoms. The molecule has 2 rings (SSSR count). The van der Waals surface area contributed by atoms with Crippen molar-refractivity contribution in [2.75, 3.05) is 13.1 Å². The predicted molar refractivity (Wildman–Crippen MR) is 58.8 cm³/mol. The molecule has 1 aromatic rings. The van der Waals surface area contributed by atoms with Crippen LogP contribution < -0.4 is 0 Å². The summed E-state index contributed by atoms with van der Waals surface area (Å²) in [6.45, 7) is 2.26. The Balaban J connectivity index is 2.13. The molecular formula is C12H13N3. The van der Waals surface area contributed by atoms with E-state index in [1.807, 2.05) is 12.1 Å². The lowest BCUT2D eigenvalue weighted by atomic mass is 10.1. The number of nitriles is 1. The second-order valence-corrected chi connectivity index (χ2v) is 3.63. The molecule has 1 aliphatic heterocycles. The fraction of sp³-hybridized carbons (Fsp3) is 0.333. The lowest BCUT2D eigenvalue weighted by Gasteiger charge is -2.10. The molecule has 0 unspecified atom stereocenters. The van der Waals surface area contributed by atoms with Gasteiger partial charge in [-0.25, -0.2) is 0 Å². The lowest BCUT2D eigenvalue weighted by Crippen LogP contribution is -2.10. The molecule has 0 radical (unpaired) electrons. The van der Waals surface area contributed by atoms with Crippen LogP contribution in [0.25, 0.3) is 6.08 Å². The van der Waals surface area contributed by atoms with Gasteiger partial charge in [0, 0.05) is 25.5 Å². The summed E-state index contributed by atoms with van der Waals surface area (Å²) in [5.41, 5.74) is 1.58. The molecule has 1 aliphatic rings. The Morgan fingerprint density at radius 3 is 2.93 bits per heavy atom. The molecule has 0 aromatic carbocycles. The second kappa shape index (κ2) is 4.61. The number of hydrogen-bond donors (Lipinski definition) is 0. The molecule has 2 heterocycles. The zero-order valence-corrected chi connectivity index (χ0v) is 8.56. The van der Waals surface area contributed by atoms with E-state index in [4.69, 9.17) is 5.26 Å². The number of pyridine rings is 1. The first kappa shape index (κ1) is 9.72. The van der Waals surface area contributed by atoms with Gasteiger partial charge in [0.25, 0.3) is 0 Å². The summed E-state index contributed by atoms with van der Waals surface area (Å²) < 4.78 is 0.